The number of carbonyl (C=O) groups is 8. The Morgan fingerprint density at radius 2 is 1.54 bits per heavy atom. The SMILES string of the molecule is CC(=O)NCC(=O)N[C@H]1CCC(=O)NCCCCNC(=O)[C@H](C)NC(=O)CNC(=O)[C@@H](Cc2ccccc2Cl)NC(=O)[C@H](Cc2c[nH]cn2)NC1=O. The summed E-state index contributed by atoms with van der Waals surface area (Å²) in [4.78, 5) is 110. The van der Waals surface area contributed by atoms with Crippen LogP contribution in [-0.2, 0) is 51.2 Å². The lowest BCUT2D eigenvalue weighted by atomic mass is 10.0. The molecule has 0 radical (unpaired) electrons. The van der Waals surface area contributed by atoms with Crippen molar-refractivity contribution in [2.75, 3.05) is 26.2 Å². The lowest BCUT2D eigenvalue weighted by molar-refractivity contribution is -0.134. The summed E-state index contributed by atoms with van der Waals surface area (Å²) in [6, 6.07) is 1.80. The molecule has 1 saturated heterocycles. The molecule has 282 valence electrons. The zero-order valence-corrected chi connectivity index (χ0v) is 29.7. The van der Waals surface area contributed by atoms with Crippen molar-refractivity contribution in [2.24, 2.45) is 0 Å². The van der Waals surface area contributed by atoms with Crippen molar-refractivity contribution in [3.63, 3.8) is 0 Å². The Balaban J connectivity index is 1.92. The molecule has 1 aliphatic heterocycles. The van der Waals surface area contributed by atoms with E-state index >= 15 is 0 Å². The van der Waals surface area contributed by atoms with Gasteiger partial charge in [-0.15, -0.1) is 0 Å². The first kappa shape index (κ1) is 40.9. The van der Waals surface area contributed by atoms with Gasteiger partial charge in [-0.25, -0.2) is 4.98 Å². The molecule has 9 N–H and O–H groups in total. The van der Waals surface area contributed by atoms with Gasteiger partial charge >= 0.3 is 0 Å². The molecule has 0 spiro atoms. The van der Waals surface area contributed by atoms with Crippen molar-refractivity contribution in [2.45, 2.75) is 76.5 Å². The highest BCUT2D eigenvalue weighted by Gasteiger charge is 2.31. The minimum atomic E-state index is -1.34. The van der Waals surface area contributed by atoms with Crippen LogP contribution in [0.2, 0.25) is 5.02 Å². The number of aromatic amines is 1. The zero-order chi connectivity index (χ0) is 38.0. The number of amides is 8. The maximum atomic E-state index is 13.9. The van der Waals surface area contributed by atoms with Crippen molar-refractivity contribution in [1.82, 2.24) is 52.5 Å². The summed E-state index contributed by atoms with van der Waals surface area (Å²) in [6.07, 6.45) is 3.33. The summed E-state index contributed by atoms with van der Waals surface area (Å²) in [6.45, 7) is 2.30. The van der Waals surface area contributed by atoms with Gasteiger partial charge in [-0.3, -0.25) is 38.4 Å². The predicted molar refractivity (Wildman–Crippen MR) is 187 cm³/mol. The van der Waals surface area contributed by atoms with Gasteiger partial charge in [-0.05, 0) is 37.8 Å². The third kappa shape index (κ3) is 14.4. The molecular formula is C33H45ClN10O8. The lowest BCUT2D eigenvalue weighted by Crippen LogP contribution is -2.58. The van der Waals surface area contributed by atoms with E-state index in [1.807, 2.05) is 0 Å². The van der Waals surface area contributed by atoms with Crippen molar-refractivity contribution < 1.29 is 38.4 Å². The maximum absolute atomic E-state index is 13.9. The second kappa shape index (κ2) is 21.0. The van der Waals surface area contributed by atoms with E-state index in [1.165, 1.54) is 26.4 Å². The number of nitrogens with one attached hydrogen (secondary N) is 9. The molecular weight excluding hydrogens is 700 g/mol. The van der Waals surface area contributed by atoms with E-state index in [1.54, 1.807) is 24.3 Å². The molecule has 3 rings (SSSR count). The molecule has 4 atom stereocenters. The number of hydrogen-bond donors (Lipinski definition) is 9. The summed E-state index contributed by atoms with van der Waals surface area (Å²) >= 11 is 6.37. The minimum absolute atomic E-state index is 0.0995. The number of benzene rings is 1. The highest BCUT2D eigenvalue weighted by atomic mass is 35.5. The van der Waals surface area contributed by atoms with Crippen LogP contribution in [0.5, 0.6) is 0 Å². The van der Waals surface area contributed by atoms with Gasteiger partial charge in [-0.1, -0.05) is 29.8 Å². The number of hydrogen-bond acceptors (Lipinski definition) is 9. The first-order valence-electron chi connectivity index (χ1n) is 16.8. The summed E-state index contributed by atoms with van der Waals surface area (Å²) < 4.78 is 0. The van der Waals surface area contributed by atoms with E-state index in [-0.39, 0.29) is 38.8 Å². The van der Waals surface area contributed by atoms with Crippen molar-refractivity contribution in [3.8, 4) is 0 Å². The Labute approximate surface area is 305 Å². The number of aromatic nitrogens is 2. The van der Waals surface area contributed by atoms with Crippen LogP contribution >= 0.6 is 11.6 Å². The first-order valence-corrected chi connectivity index (χ1v) is 17.2. The number of carbonyl (C=O) groups excluding carboxylic acids is 8. The molecule has 2 heterocycles. The van der Waals surface area contributed by atoms with Gasteiger partial charge in [0.15, 0.2) is 0 Å². The molecule has 0 aliphatic carbocycles. The van der Waals surface area contributed by atoms with E-state index < -0.39 is 84.5 Å². The fourth-order valence-corrected chi connectivity index (χ4v) is 5.25. The van der Waals surface area contributed by atoms with E-state index in [9.17, 15) is 38.4 Å². The van der Waals surface area contributed by atoms with Gasteiger partial charge in [0.2, 0.25) is 47.3 Å². The molecule has 52 heavy (non-hydrogen) atoms. The molecule has 1 aromatic carbocycles. The van der Waals surface area contributed by atoms with E-state index in [2.05, 4.69) is 52.5 Å². The van der Waals surface area contributed by atoms with Crippen molar-refractivity contribution >= 4 is 58.9 Å². The van der Waals surface area contributed by atoms with Gasteiger partial charge in [-0.2, -0.15) is 0 Å². The average molecular weight is 745 g/mol. The highest BCUT2D eigenvalue weighted by Crippen LogP contribution is 2.17. The number of nitrogens with zero attached hydrogens (tertiary/aromatic N) is 1. The van der Waals surface area contributed by atoms with Gasteiger partial charge in [0, 0.05) is 50.5 Å². The summed E-state index contributed by atoms with van der Waals surface area (Å²) in [5, 5.41) is 20.8. The van der Waals surface area contributed by atoms with Gasteiger partial charge in [0.05, 0.1) is 25.1 Å². The third-order valence-corrected chi connectivity index (χ3v) is 8.21. The molecule has 18 nitrogen and oxygen atoms in total. The largest absolute Gasteiger partial charge is 0.356 e. The second-order valence-corrected chi connectivity index (χ2v) is 12.5. The lowest BCUT2D eigenvalue weighted by Gasteiger charge is -2.25. The molecule has 1 aromatic heterocycles. The van der Waals surface area contributed by atoms with Crippen LogP contribution in [0, 0.1) is 0 Å². The Bertz CT molecular complexity index is 1590. The Morgan fingerprint density at radius 3 is 2.23 bits per heavy atom. The normalized spacial score (nSPS) is 22.0. The van der Waals surface area contributed by atoms with Crippen molar-refractivity contribution in [3.05, 3.63) is 53.1 Å². The van der Waals surface area contributed by atoms with Crippen molar-refractivity contribution in [1.29, 1.82) is 0 Å². The third-order valence-electron chi connectivity index (χ3n) is 7.84. The van der Waals surface area contributed by atoms with Gasteiger partial charge in [0.1, 0.15) is 24.2 Å². The summed E-state index contributed by atoms with van der Waals surface area (Å²) in [5.41, 5.74) is 0.884. The van der Waals surface area contributed by atoms with Crippen LogP contribution in [0.3, 0.4) is 0 Å². The second-order valence-electron chi connectivity index (χ2n) is 12.1. The smallest absolute Gasteiger partial charge is 0.243 e. The van der Waals surface area contributed by atoms with Crippen LogP contribution in [0.15, 0.2) is 36.8 Å². The Kier molecular flexibility index (Phi) is 16.5. The molecule has 1 aliphatic rings. The molecule has 0 bridgehead atoms. The molecule has 8 amide bonds. The molecule has 1 fully saturated rings. The standard InChI is InChI=1S/C33H45ClN10O8/c1-19-30(49)37-12-6-5-11-36-27(46)10-9-24(42-29(48)16-38-20(2)45)32(51)44-26(14-22-15-35-18-40-22)33(52)43-25(31(50)39-17-28(47)41-19)13-21-7-3-4-8-23(21)34/h3-4,7-8,15,18-19,24-26H,5-6,9-14,16-17H2,1-2H3,(H,35,40)(H,36,46)(H,37,49)(H,38,45)(H,39,50)(H,41,47)(H,42,48)(H,43,52)(H,44,51)/t19-,24-,25+,26-/m0/s1. The van der Waals surface area contributed by atoms with Crippen LogP contribution in [0.4, 0.5) is 0 Å². The maximum Gasteiger partial charge on any atom is 0.243 e. The van der Waals surface area contributed by atoms with Gasteiger partial charge in [0.25, 0.3) is 0 Å². The number of imidazole rings is 1. The predicted octanol–water partition coefficient (Wildman–Crippen LogP) is -2.13. The first-order chi connectivity index (χ1) is 24.8. The Hall–Kier alpha value is -5.52. The summed E-state index contributed by atoms with van der Waals surface area (Å²) in [5.74, 6) is -5.07. The monoisotopic (exact) mass is 744 g/mol. The zero-order valence-electron chi connectivity index (χ0n) is 28.9. The fraction of sp³-hybridized carbons (Fsp3) is 0.485. The van der Waals surface area contributed by atoms with E-state index in [0.717, 1.165) is 0 Å². The number of rotatable bonds is 7. The topological polar surface area (TPSA) is 261 Å². The van der Waals surface area contributed by atoms with Crippen LogP contribution in [-0.4, -0.2) is 108 Å². The number of H-pyrrole nitrogens is 1. The van der Waals surface area contributed by atoms with Crippen LogP contribution < -0.4 is 42.5 Å². The van der Waals surface area contributed by atoms with Gasteiger partial charge < -0.3 is 47.5 Å². The minimum Gasteiger partial charge on any atom is -0.356 e. The molecule has 19 heteroatoms. The van der Waals surface area contributed by atoms with E-state index in [0.29, 0.717) is 29.1 Å². The molecule has 0 saturated carbocycles. The average Bonchev–Trinajstić information content (AvgIpc) is 3.62. The molecule has 2 aromatic rings. The van der Waals surface area contributed by atoms with Crippen LogP contribution in [0.1, 0.15) is 50.8 Å². The van der Waals surface area contributed by atoms with Crippen LogP contribution in [0.25, 0.3) is 0 Å². The quantitative estimate of drug-likeness (QED) is 0.150. The Morgan fingerprint density at radius 1 is 0.846 bits per heavy atom. The fourth-order valence-electron chi connectivity index (χ4n) is 5.03. The molecule has 0 unspecified atom stereocenters. The van der Waals surface area contributed by atoms with E-state index in [4.69, 9.17) is 11.6 Å². The summed E-state index contributed by atoms with van der Waals surface area (Å²) in [7, 11) is 0. The number of halogens is 1. The highest BCUT2D eigenvalue weighted by molar-refractivity contribution is 6.31.